The van der Waals surface area contributed by atoms with Gasteiger partial charge in [-0.2, -0.15) is 5.10 Å². The third-order valence-corrected chi connectivity index (χ3v) is 4.47. The molecule has 1 aromatic heterocycles. The molecule has 0 aliphatic carbocycles. The molecule has 0 atom stereocenters. The maximum absolute atomic E-state index is 13.0. The van der Waals surface area contributed by atoms with Crippen molar-refractivity contribution in [2.24, 2.45) is 0 Å². The number of rotatable bonds is 4. The number of carbonyl (C=O) groups excluding carboxylic acids is 1. The number of carbonyl (C=O) groups is 1. The minimum atomic E-state index is -0.270. The lowest BCUT2D eigenvalue weighted by Crippen LogP contribution is -2.14. The topological polar surface area (TPSA) is 46.9 Å². The number of anilines is 1. The van der Waals surface area contributed by atoms with Crippen molar-refractivity contribution in [3.05, 3.63) is 82.9 Å². The van der Waals surface area contributed by atoms with Crippen molar-refractivity contribution in [1.29, 1.82) is 0 Å². The first-order valence-electron chi connectivity index (χ1n) is 8.93. The zero-order chi connectivity index (χ0) is 19.6. The van der Waals surface area contributed by atoms with E-state index >= 15 is 0 Å². The summed E-state index contributed by atoms with van der Waals surface area (Å²) in [5.41, 5.74) is 4.16. The van der Waals surface area contributed by atoms with Crippen LogP contribution in [-0.4, -0.2) is 15.7 Å². The average Bonchev–Trinajstić information content (AvgIpc) is 2.97. The summed E-state index contributed by atoms with van der Waals surface area (Å²) in [6.07, 6.45) is 0. The second-order valence-corrected chi connectivity index (χ2v) is 7.74. The zero-order valence-electron chi connectivity index (χ0n) is 16.1. The van der Waals surface area contributed by atoms with E-state index in [9.17, 15) is 9.18 Å². The number of nitrogens with zero attached hydrogens (tertiary/aromatic N) is 2. The highest BCUT2D eigenvalue weighted by molar-refractivity contribution is 6.02. The summed E-state index contributed by atoms with van der Waals surface area (Å²) in [7, 11) is 0. The van der Waals surface area contributed by atoms with Gasteiger partial charge >= 0.3 is 0 Å². The van der Waals surface area contributed by atoms with Crippen LogP contribution >= 0.6 is 0 Å². The molecule has 1 amide bonds. The molecule has 0 radical (unpaired) electrons. The van der Waals surface area contributed by atoms with Gasteiger partial charge in [-0.15, -0.1) is 0 Å². The Bertz CT molecular complexity index is 935. The van der Waals surface area contributed by atoms with Gasteiger partial charge in [-0.3, -0.25) is 9.48 Å². The van der Waals surface area contributed by atoms with E-state index in [2.05, 4.69) is 31.2 Å². The Morgan fingerprint density at radius 2 is 1.70 bits per heavy atom. The van der Waals surface area contributed by atoms with Gasteiger partial charge in [0.2, 0.25) is 0 Å². The molecule has 0 fully saturated rings. The van der Waals surface area contributed by atoms with Crippen LogP contribution in [0.15, 0.2) is 54.6 Å². The molecule has 0 bridgehead atoms. The van der Waals surface area contributed by atoms with Crippen LogP contribution in [0, 0.1) is 12.7 Å². The van der Waals surface area contributed by atoms with Crippen LogP contribution < -0.4 is 5.32 Å². The highest BCUT2D eigenvalue weighted by Crippen LogP contribution is 2.23. The Morgan fingerprint density at radius 3 is 2.30 bits per heavy atom. The quantitative estimate of drug-likeness (QED) is 0.713. The van der Waals surface area contributed by atoms with Gasteiger partial charge in [-0.25, -0.2) is 4.39 Å². The third-order valence-electron chi connectivity index (χ3n) is 4.47. The Balaban J connectivity index is 1.71. The molecule has 3 aromatic rings. The molecule has 0 saturated carbocycles. The summed E-state index contributed by atoms with van der Waals surface area (Å²) >= 11 is 0. The fraction of sp³-hybridized carbons (Fsp3) is 0.273. The first-order valence-corrected chi connectivity index (χ1v) is 8.93. The van der Waals surface area contributed by atoms with Crippen LogP contribution in [0.2, 0.25) is 0 Å². The Labute approximate surface area is 159 Å². The summed E-state index contributed by atoms with van der Waals surface area (Å²) in [5.74, 6) is -0.520. The van der Waals surface area contributed by atoms with E-state index in [4.69, 9.17) is 0 Å². The molecule has 2 aromatic carbocycles. The van der Waals surface area contributed by atoms with Gasteiger partial charge in [0, 0.05) is 11.4 Å². The summed E-state index contributed by atoms with van der Waals surface area (Å²) in [6.45, 7) is 8.83. The lowest BCUT2D eigenvalue weighted by molar-refractivity contribution is 0.102. The van der Waals surface area contributed by atoms with Crippen LogP contribution in [0.5, 0.6) is 0 Å². The SMILES string of the molecule is Cc1cc(C(=O)Nc2ccc(C(C)(C)C)cc2)nn1Cc1ccc(F)cc1. The Hall–Kier alpha value is -2.95. The molecular weight excluding hydrogens is 341 g/mol. The van der Waals surface area contributed by atoms with Gasteiger partial charge in [0.05, 0.1) is 6.54 Å². The summed E-state index contributed by atoms with van der Waals surface area (Å²) in [5, 5.41) is 7.28. The number of benzene rings is 2. The van der Waals surface area contributed by atoms with E-state index in [1.165, 1.54) is 17.7 Å². The normalized spacial score (nSPS) is 11.4. The Morgan fingerprint density at radius 1 is 1.07 bits per heavy atom. The number of hydrogen-bond acceptors (Lipinski definition) is 2. The third kappa shape index (κ3) is 4.61. The predicted molar refractivity (Wildman–Crippen MR) is 106 cm³/mol. The van der Waals surface area contributed by atoms with E-state index in [-0.39, 0.29) is 17.1 Å². The monoisotopic (exact) mass is 365 g/mol. The molecule has 0 aliphatic rings. The zero-order valence-corrected chi connectivity index (χ0v) is 16.1. The molecule has 5 heteroatoms. The Kier molecular flexibility index (Phi) is 5.13. The maximum Gasteiger partial charge on any atom is 0.276 e. The van der Waals surface area contributed by atoms with Crippen molar-refractivity contribution in [2.75, 3.05) is 5.32 Å². The van der Waals surface area contributed by atoms with E-state index in [0.29, 0.717) is 12.2 Å². The number of nitrogens with one attached hydrogen (secondary N) is 1. The van der Waals surface area contributed by atoms with E-state index < -0.39 is 0 Å². The molecular formula is C22H24FN3O. The van der Waals surface area contributed by atoms with E-state index in [0.717, 1.165) is 16.9 Å². The smallest absolute Gasteiger partial charge is 0.276 e. The first-order chi connectivity index (χ1) is 12.7. The van der Waals surface area contributed by atoms with Gasteiger partial charge in [0.25, 0.3) is 5.91 Å². The van der Waals surface area contributed by atoms with Gasteiger partial charge in [-0.1, -0.05) is 45.0 Å². The lowest BCUT2D eigenvalue weighted by Gasteiger charge is -2.19. The highest BCUT2D eigenvalue weighted by atomic mass is 19.1. The molecule has 4 nitrogen and oxygen atoms in total. The minimum absolute atomic E-state index is 0.0682. The van der Waals surface area contributed by atoms with Crippen molar-refractivity contribution < 1.29 is 9.18 Å². The number of amides is 1. The van der Waals surface area contributed by atoms with Crippen molar-refractivity contribution in [2.45, 2.75) is 39.7 Å². The summed E-state index contributed by atoms with van der Waals surface area (Å²) in [4.78, 5) is 12.5. The number of aryl methyl sites for hydroxylation is 1. The van der Waals surface area contributed by atoms with Crippen LogP contribution in [0.3, 0.4) is 0 Å². The fourth-order valence-corrected chi connectivity index (χ4v) is 2.79. The molecule has 0 aliphatic heterocycles. The molecule has 0 saturated heterocycles. The fourth-order valence-electron chi connectivity index (χ4n) is 2.79. The van der Waals surface area contributed by atoms with Gasteiger partial charge < -0.3 is 5.32 Å². The molecule has 0 unspecified atom stereocenters. The minimum Gasteiger partial charge on any atom is -0.321 e. The van der Waals surface area contributed by atoms with Crippen LogP contribution in [0.25, 0.3) is 0 Å². The van der Waals surface area contributed by atoms with Crippen molar-refractivity contribution in [3.63, 3.8) is 0 Å². The largest absolute Gasteiger partial charge is 0.321 e. The number of halogens is 1. The van der Waals surface area contributed by atoms with Crippen LogP contribution in [0.4, 0.5) is 10.1 Å². The molecule has 140 valence electrons. The standard InChI is InChI=1S/C22H24FN3O/c1-15-13-20(25-26(15)14-16-5-9-18(23)10-6-16)21(27)24-19-11-7-17(8-12-19)22(2,3)4/h5-13H,14H2,1-4H3,(H,24,27). The van der Waals surface area contributed by atoms with Gasteiger partial charge in [0.15, 0.2) is 5.69 Å². The first kappa shape index (κ1) is 18.8. The molecule has 1 heterocycles. The summed E-state index contributed by atoms with van der Waals surface area (Å²) in [6, 6.07) is 15.9. The second-order valence-electron chi connectivity index (χ2n) is 7.74. The van der Waals surface area contributed by atoms with E-state index in [1.807, 2.05) is 31.2 Å². The summed E-state index contributed by atoms with van der Waals surface area (Å²) < 4.78 is 14.8. The average molecular weight is 365 g/mol. The van der Waals surface area contributed by atoms with Crippen LogP contribution in [0.1, 0.15) is 48.1 Å². The molecule has 27 heavy (non-hydrogen) atoms. The van der Waals surface area contributed by atoms with Crippen LogP contribution in [-0.2, 0) is 12.0 Å². The van der Waals surface area contributed by atoms with Crippen molar-refractivity contribution >= 4 is 11.6 Å². The predicted octanol–water partition coefficient (Wildman–Crippen LogP) is 4.93. The lowest BCUT2D eigenvalue weighted by atomic mass is 9.87. The molecule has 0 spiro atoms. The van der Waals surface area contributed by atoms with Gasteiger partial charge in [-0.05, 0) is 53.8 Å². The number of hydrogen-bond donors (Lipinski definition) is 1. The second kappa shape index (κ2) is 7.35. The maximum atomic E-state index is 13.0. The van der Waals surface area contributed by atoms with Crippen molar-refractivity contribution in [1.82, 2.24) is 9.78 Å². The molecule has 1 N–H and O–H groups in total. The van der Waals surface area contributed by atoms with Gasteiger partial charge in [0.1, 0.15) is 5.82 Å². The molecule has 3 rings (SSSR count). The van der Waals surface area contributed by atoms with E-state index in [1.54, 1.807) is 22.9 Å². The highest BCUT2D eigenvalue weighted by Gasteiger charge is 2.15. The van der Waals surface area contributed by atoms with Crippen molar-refractivity contribution in [3.8, 4) is 0 Å². The number of aromatic nitrogens is 2.